The van der Waals surface area contributed by atoms with Crippen LogP contribution in [0.15, 0.2) is 51.2 Å². The zero-order valence-corrected chi connectivity index (χ0v) is 21.0. The number of benzene rings is 1. The van der Waals surface area contributed by atoms with Crippen molar-refractivity contribution in [2.75, 3.05) is 31.1 Å². The monoisotopic (exact) mass is 493 g/mol. The molecule has 10 heteroatoms. The molecule has 8 nitrogen and oxygen atoms in total. The molecule has 0 unspecified atom stereocenters. The predicted octanol–water partition coefficient (Wildman–Crippen LogP) is 5.93. The van der Waals surface area contributed by atoms with Crippen LogP contribution in [0.3, 0.4) is 0 Å². The van der Waals surface area contributed by atoms with Crippen LogP contribution in [-0.4, -0.2) is 47.9 Å². The third-order valence-corrected chi connectivity index (χ3v) is 7.94. The van der Waals surface area contributed by atoms with Gasteiger partial charge in [0.15, 0.2) is 0 Å². The van der Waals surface area contributed by atoms with Gasteiger partial charge in [-0.15, -0.1) is 21.6 Å². The molecule has 1 saturated heterocycles. The molecule has 0 radical (unpaired) electrons. The smallest absolute Gasteiger partial charge is 0.276 e. The van der Waals surface area contributed by atoms with Crippen molar-refractivity contribution < 1.29 is 4.79 Å². The lowest BCUT2D eigenvalue weighted by atomic mass is 10.1. The summed E-state index contributed by atoms with van der Waals surface area (Å²) >= 11 is 3.02. The van der Waals surface area contributed by atoms with Crippen LogP contribution in [0.1, 0.15) is 38.0 Å². The lowest BCUT2D eigenvalue weighted by Crippen LogP contribution is -2.43. The zero-order chi connectivity index (χ0) is 23.5. The van der Waals surface area contributed by atoms with Gasteiger partial charge >= 0.3 is 0 Å². The number of aliphatic imine (C=N–C) groups is 1. The van der Waals surface area contributed by atoms with Gasteiger partial charge in [-0.3, -0.25) is 10.1 Å². The molecule has 176 valence electrons. The Bertz CT molecular complexity index is 1230. The highest BCUT2D eigenvalue weighted by Crippen LogP contribution is 2.36. The number of thiazole rings is 1. The molecule has 1 N–H and O–H groups in total. The molecule has 0 spiro atoms. The first kappa shape index (κ1) is 22.7. The molecule has 2 aromatic heterocycles. The quantitative estimate of drug-likeness (QED) is 0.341. The van der Waals surface area contributed by atoms with Gasteiger partial charge in [0, 0.05) is 36.7 Å². The predicted molar refractivity (Wildman–Crippen MR) is 141 cm³/mol. The van der Waals surface area contributed by atoms with Crippen molar-refractivity contribution in [1.82, 2.24) is 15.2 Å². The number of carbonyl (C=O) groups is 1. The second-order valence-electron chi connectivity index (χ2n) is 8.17. The van der Waals surface area contributed by atoms with E-state index < -0.39 is 0 Å². The second-order valence-corrected chi connectivity index (χ2v) is 10.2. The maximum absolute atomic E-state index is 12.4. The van der Waals surface area contributed by atoms with Gasteiger partial charge in [-0.25, -0.2) is 9.98 Å². The number of carbonyl (C=O) groups excluding carboxylic acids is 1. The van der Waals surface area contributed by atoms with Crippen molar-refractivity contribution in [2.45, 2.75) is 33.1 Å². The fourth-order valence-corrected chi connectivity index (χ4v) is 6.10. The molecule has 0 bridgehead atoms. The number of nitrogens with zero attached hydrogens (tertiary/aromatic N) is 6. The first-order valence-electron chi connectivity index (χ1n) is 11.7. The molecule has 3 aromatic rings. The summed E-state index contributed by atoms with van der Waals surface area (Å²) in [5, 5.41) is 12.2. The number of rotatable bonds is 6. The maximum atomic E-state index is 12.4. The van der Waals surface area contributed by atoms with Crippen molar-refractivity contribution in [1.29, 1.82) is 0 Å². The van der Waals surface area contributed by atoms with Gasteiger partial charge in [-0.05, 0) is 69.5 Å². The van der Waals surface area contributed by atoms with Gasteiger partial charge in [-0.1, -0.05) is 11.3 Å². The van der Waals surface area contributed by atoms with Crippen LogP contribution >= 0.6 is 22.7 Å². The molecule has 1 fully saturated rings. The van der Waals surface area contributed by atoms with E-state index in [9.17, 15) is 4.79 Å². The second kappa shape index (κ2) is 10.0. The van der Waals surface area contributed by atoms with Crippen LogP contribution in [0.2, 0.25) is 0 Å². The summed E-state index contributed by atoms with van der Waals surface area (Å²) in [5.74, 6) is 0.534. The molecule has 2 aliphatic heterocycles. The first-order chi connectivity index (χ1) is 16.6. The van der Waals surface area contributed by atoms with Crippen LogP contribution in [0, 0.1) is 0 Å². The summed E-state index contributed by atoms with van der Waals surface area (Å²) in [6, 6.07) is 10.1. The number of amides is 1. The molecule has 0 aliphatic carbocycles. The van der Waals surface area contributed by atoms with Gasteiger partial charge in [0.1, 0.15) is 10.5 Å². The normalized spacial score (nSPS) is 17.7. The Hall–Kier alpha value is -3.11. The lowest BCUT2D eigenvalue weighted by Gasteiger charge is -2.27. The van der Waals surface area contributed by atoms with Crippen LogP contribution in [0.4, 0.5) is 16.5 Å². The van der Waals surface area contributed by atoms with Gasteiger partial charge in [-0.2, -0.15) is 0 Å². The number of anilines is 1. The minimum Gasteiger partial charge on any atom is -0.372 e. The number of aromatic nitrogens is 1. The number of azo groups is 1. The van der Waals surface area contributed by atoms with E-state index in [1.165, 1.54) is 34.8 Å². The molecule has 0 atom stereocenters. The van der Waals surface area contributed by atoms with Gasteiger partial charge in [0.2, 0.25) is 11.1 Å². The first-order valence-corrected chi connectivity index (χ1v) is 13.3. The van der Waals surface area contributed by atoms with E-state index >= 15 is 0 Å². The summed E-state index contributed by atoms with van der Waals surface area (Å²) in [5.41, 5.74) is 2.43. The van der Waals surface area contributed by atoms with Gasteiger partial charge in [0.05, 0.1) is 10.4 Å². The van der Waals surface area contributed by atoms with Crippen LogP contribution in [-0.2, 0) is 4.79 Å². The van der Waals surface area contributed by atoms with E-state index in [0.29, 0.717) is 16.8 Å². The van der Waals surface area contributed by atoms with E-state index in [1.807, 2.05) is 24.3 Å². The number of piperidine rings is 1. The highest BCUT2D eigenvalue weighted by molar-refractivity contribution is 7.29. The maximum Gasteiger partial charge on any atom is 0.276 e. The standard InChI is InChI=1S/C24H27N7OS2/c1-3-30(4-2)17-10-8-16(9-11-17)28-29-24-27-22-20(34-24)15-18(33-22)14-19-21(32)26-23(25-19)31-12-6-5-7-13-31/h8-11,14-15H,3-7,12-13H2,1-2H3,(H,25,26,32)/b19-14+,29-28?. The number of thiophene rings is 1. The zero-order valence-electron chi connectivity index (χ0n) is 19.3. The van der Waals surface area contributed by atoms with Crippen LogP contribution in [0.5, 0.6) is 0 Å². The Balaban J connectivity index is 1.28. The summed E-state index contributed by atoms with van der Waals surface area (Å²) in [4.78, 5) is 27.8. The largest absolute Gasteiger partial charge is 0.372 e. The third kappa shape index (κ3) is 4.88. The Morgan fingerprint density at radius 3 is 2.56 bits per heavy atom. The van der Waals surface area contributed by atoms with E-state index in [2.05, 4.69) is 61.3 Å². The molecule has 0 saturated carbocycles. The number of guanidine groups is 1. The Morgan fingerprint density at radius 1 is 1.09 bits per heavy atom. The van der Waals surface area contributed by atoms with Crippen molar-refractivity contribution in [3.05, 3.63) is 40.9 Å². The molecular formula is C24H27N7OS2. The molecular weight excluding hydrogens is 466 g/mol. The lowest BCUT2D eigenvalue weighted by molar-refractivity contribution is -0.115. The molecule has 4 heterocycles. The molecule has 34 heavy (non-hydrogen) atoms. The number of likely N-dealkylation sites (tertiary alicyclic amines) is 1. The van der Waals surface area contributed by atoms with Crippen LogP contribution < -0.4 is 10.2 Å². The molecule has 1 amide bonds. The average molecular weight is 494 g/mol. The number of fused-ring (bicyclic) bond motifs is 1. The van der Waals surface area contributed by atoms with Crippen molar-refractivity contribution in [2.24, 2.45) is 15.2 Å². The van der Waals surface area contributed by atoms with E-state index in [1.54, 1.807) is 0 Å². The summed E-state index contributed by atoms with van der Waals surface area (Å²) in [6.45, 7) is 8.14. The average Bonchev–Trinajstić information content (AvgIpc) is 3.53. The fourth-order valence-electron chi connectivity index (χ4n) is 4.12. The fraction of sp³-hybridized carbons (Fsp3) is 0.375. The highest BCUT2D eigenvalue weighted by atomic mass is 32.1. The molecule has 5 rings (SSSR count). The number of hydrogen-bond acceptors (Lipinski definition) is 9. The van der Waals surface area contributed by atoms with Gasteiger partial charge in [0.25, 0.3) is 5.91 Å². The minimum absolute atomic E-state index is 0.146. The van der Waals surface area contributed by atoms with E-state index in [4.69, 9.17) is 0 Å². The minimum atomic E-state index is -0.146. The van der Waals surface area contributed by atoms with Crippen molar-refractivity contribution in [3.63, 3.8) is 0 Å². The Kier molecular flexibility index (Phi) is 6.68. The molecule has 2 aliphatic rings. The number of nitrogens with one attached hydrogen (secondary N) is 1. The Labute approximate surface area is 206 Å². The summed E-state index contributed by atoms with van der Waals surface area (Å²) in [6.07, 6.45) is 5.36. The molecule has 1 aromatic carbocycles. The van der Waals surface area contributed by atoms with Gasteiger partial charge < -0.3 is 9.80 Å². The highest BCUT2D eigenvalue weighted by Gasteiger charge is 2.25. The summed E-state index contributed by atoms with van der Waals surface area (Å²) in [7, 11) is 0. The topological polar surface area (TPSA) is 85.6 Å². The van der Waals surface area contributed by atoms with Crippen LogP contribution in [0.25, 0.3) is 15.6 Å². The van der Waals surface area contributed by atoms with E-state index in [-0.39, 0.29) is 5.91 Å². The third-order valence-electron chi connectivity index (χ3n) is 5.95. The summed E-state index contributed by atoms with van der Waals surface area (Å²) < 4.78 is 1.03. The SMILES string of the molecule is CCN(CC)c1ccc(N=Nc2nc3sc(/C=C4/N=C(N5CCCCC5)NC4=O)cc3s2)cc1. The van der Waals surface area contributed by atoms with Crippen molar-refractivity contribution >= 4 is 66.7 Å². The number of hydrogen-bond donors (Lipinski definition) is 1. The van der Waals surface area contributed by atoms with E-state index in [0.717, 1.165) is 59.1 Å². The van der Waals surface area contributed by atoms with Crippen molar-refractivity contribution in [3.8, 4) is 0 Å². The Morgan fingerprint density at radius 2 is 1.85 bits per heavy atom.